The zero-order valence-electron chi connectivity index (χ0n) is 14.6. The Labute approximate surface area is 157 Å². The molecule has 27 heavy (non-hydrogen) atoms. The lowest BCUT2D eigenvalue weighted by atomic mass is 10.0. The summed E-state index contributed by atoms with van der Waals surface area (Å²) in [5.41, 5.74) is 1.25. The Balaban J connectivity index is 1.65. The fourth-order valence-electron chi connectivity index (χ4n) is 3.22. The summed E-state index contributed by atoms with van der Waals surface area (Å²) in [5, 5.41) is 4.68. The van der Waals surface area contributed by atoms with E-state index in [1.165, 1.54) is 12.1 Å². The van der Waals surface area contributed by atoms with E-state index in [2.05, 4.69) is 10.0 Å². The molecule has 0 saturated carbocycles. The van der Waals surface area contributed by atoms with Crippen LogP contribution in [0.3, 0.4) is 0 Å². The van der Waals surface area contributed by atoms with Crippen LogP contribution in [0.5, 0.6) is 5.75 Å². The van der Waals surface area contributed by atoms with Crippen LogP contribution in [0.2, 0.25) is 0 Å². The highest BCUT2D eigenvalue weighted by Gasteiger charge is 2.23. The molecule has 6 nitrogen and oxygen atoms in total. The average molecular weight is 382 g/mol. The summed E-state index contributed by atoms with van der Waals surface area (Å²) < 4.78 is 33.7. The van der Waals surface area contributed by atoms with Crippen LogP contribution in [0.4, 0.5) is 5.69 Å². The first-order valence-electron chi connectivity index (χ1n) is 8.51. The van der Waals surface area contributed by atoms with Gasteiger partial charge in [-0.2, -0.15) is 0 Å². The highest BCUT2D eigenvalue weighted by Crippen LogP contribution is 2.31. The highest BCUT2D eigenvalue weighted by molar-refractivity contribution is 7.89. The molecule has 1 unspecified atom stereocenters. The van der Waals surface area contributed by atoms with E-state index in [1.807, 2.05) is 49.4 Å². The van der Waals surface area contributed by atoms with E-state index in [9.17, 15) is 13.2 Å². The zero-order chi connectivity index (χ0) is 19.0. The number of fused-ring (bicyclic) bond motifs is 2. The third-order valence-corrected chi connectivity index (χ3v) is 6.05. The summed E-state index contributed by atoms with van der Waals surface area (Å²) in [6.07, 6.45) is 0. The standard InChI is InChI=1S/C20H18N2O4S/c1-13(16-8-4-6-14-5-2-3-7-17(14)16)22-27(24,25)15-9-10-19-18(11-15)21-20(23)12-26-19/h2-11,13,22H,12H2,1H3,(H,21,23). The molecule has 0 saturated heterocycles. The topological polar surface area (TPSA) is 84.5 Å². The van der Waals surface area contributed by atoms with E-state index in [4.69, 9.17) is 4.74 Å². The molecule has 1 amide bonds. The van der Waals surface area contributed by atoms with Gasteiger partial charge in [-0.1, -0.05) is 42.5 Å². The van der Waals surface area contributed by atoms with Gasteiger partial charge in [-0.25, -0.2) is 13.1 Å². The van der Waals surface area contributed by atoms with Crippen molar-refractivity contribution in [1.82, 2.24) is 4.72 Å². The maximum Gasteiger partial charge on any atom is 0.262 e. The van der Waals surface area contributed by atoms with E-state index < -0.39 is 16.1 Å². The zero-order valence-corrected chi connectivity index (χ0v) is 15.4. The molecule has 1 atom stereocenters. The molecule has 0 spiro atoms. The van der Waals surface area contributed by atoms with Crippen molar-refractivity contribution in [3.05, 3.63) is 66.2 Å². The Kier molecular flexibility index (Phi) is 4.33. The molecule has 0 fully saturated rings. The lowest BCUT2D eigenvalue weighted by molar-refractivity contribution is -0.118. The van der Waals surface area contributed by atoms with Gasteiger partial charge in [0.25, 0.3) is 5.91 Å². The van der Waals surface area contributed by atoms with Gasteiger partial charge in [0.05, 0.1) is 10.6 Å². The molecule has 3 aromatic rings. The van der Waals surface area contributed by atoms with Crippen LogP contribution in [-0.2, 0) is 14.8 Å². The molecule has 1 aliphatic heterocycles. The molecule has 7 heteroatoms. The number of sulfonamides is 1. The van der Waals surface area contributed by atoms with Crippen molar-refractivity contribution in [3.8, 4) is 5.75 Å². The third-order valence-electron chi connectivity index (χ3n) is 4.52. The second-order valence-electron chi connectivity index (χ2n) is 6.41. The van der Waals surface area contributed by atoms with Crippen LogP contribution in [-0.4, -0.2) is 20.9 Å². The molecule has 1 heterocycles. The number of amides is 1. The summed E-state index contributed by atoms with van der Waals surface area (Å²) in [7, 11) is -3.78. The summed E-state index contributed by atoms with van der Waals surface area (Å²) >= 11 is 0. The number of ether oxygens (including phenoxy) is 1. The summed E-state index contributed by atoms with van der Waals surface area (Å²) in [6.45, 7) is 1.73. The monoisotopic (exact) mass is 382 g/mol. The normalized spacial score (nSPS) is 14.9. The summed E-state index contributed by atoms with van der Waals surface area (Å²) in [4.78, 5) is 11.5. The summed E-state index contributed by atoms with van der Waals surface area (Å²) in [5.74, 6) is 0.143. The van der Waals surface area contributed by atoms with Gasteiger partial charge >= 0.3 is 0 Å². The van der Waals surface area contributed by atoms with Crippen LogP contribution in [0.25, 0.3) is 10.8 Å². The maximum atomic E-state index is 12.9. The molecular formula is C20H18N2O4S. The Bertz CT molecular complexity index is 1140. The molecule has 4 rings (SSSR count). The first-order chi connectivity index (χ1) is 12.9. The molecule has 0 aliphatic carbocycles. The maximum absolute atomic E-state index is 12.9. The van der Waals surface area contributed by atoms with Gasteiger partial charge in [0.15, 0.2) is 6.61 Å². The molecule has 138 valence electrons. The minimum Gasteiger partial charge on any atom is -0.482 e. The van der Waals surface area contributed by atoms with E-state index in [1.54, 1.807) is 6.07 Å². The van der Waals surface area contributed by atoms with Crippen molar-refractivity contribution in [2.75, 3.05) is 11.9 Å². The molecule has 3 aromatic carbocycles. The quantitative estimate of drug-likeness (QED) is 0.726. The van der Waals surface area contributed by atoms with Crippen molar-refractivity contribution in [1.29, 1.82) is 0 Å². The Morgan fingerprint density at radius 2 is 1.85 bits per heavy atom. The number of carbonyl (C=O) groups is 1. The second-order valence-corrected chi connectivity index (χ2v) is 8.12. The first kappa shape index (κ1) is 17.5. The average Bonchev–Trinajstić information content (AvgIpc) is 2.66. The van der Waals surface area contributed by atoms with Crippen LogP contribution in [0.15, 0.2) is 65.6 Å². The van der Waals surface area contributed by atoms with Crippen molar-refractivity contribution in [2.45, 2.75) is 17.9 Å². The van der Waals surface area contributed by atoms with Crippen LogP contribution in [0.1, 0.15) is 18.5 Å². The fourth-order valence-corrected chi connectivity index (χ4v) is 4.47. The number of anilines is 1. The van der Waals surface area contributed by atoms with Gasteiger partial charge in [-0.15, -0.1) is 0 Å². The van der Waals surface area contributed by atoms with Gasteiger partial charge in [0.1, 0.15) is 5.75 Å². The van der Waals surface area contributed by atoms with Gasteiger partial charge in [-0.3, -0.25) is 4.79 Å². The van der Waals surface area contributed by atoms with Crippen molar-refractivity contribution in [2.24, 2.45) is 0 Å². The summed E-state index contributed by atoms with van der Waals surface area (Å²) in [6, 6.07) is 17.7. The Hall–Kier alpha value is -2.90. The Morgan fingerprint density at radius 1 is 1.07 bits per heavy atom. The SMILES string of the molecule is CC(NS(=O)(=O)c1ccc2c(c1)NC(=O)CO2)c1cccc2ccccc12. The minimum absolute atomic E-state index is 0.0686. The number of nitrogens with one attached hydrogen (secondary N) is 2. The van der Waals surface area contributed by atoms with E-state index in [-0.39, 0.29) is 17.4 Å². The number of benzene rings is 3. The number of rotatable bonds is 4. The lowest BCUT2D eigenvalue weighted by Crippen LogP contribution is -2.28. The number of hydrogen-bond donors (Lipinski definition) is 2. The molecule has 1 aliphatic rings. The highest BCUT2D eigenvalue weighted by atomic mass is 32.2. The molecule has 2 N–H and O–H groups in total. The minimum atomic E-state index is -3.78. The molecule has 0 radical (unpaired) electrons. The molecule has 0 bridgehead atoms. The fraction of sp³-hybridized carbons (Fsp3) is 0.150. The third kappa shape index (κ3) is 3.39. The molecule has 0 aromatic heterocycles. The van der Waals surface area contributed by atoms with Crippen LogP contribution >= 0.6 is 0 Å². The number of carbonyl (C=O) groups excluding carboxylic acids is 1. The van der Waals surface area contributed by atoms with Crippen LogP contribution in [0, 0.1) is 0 Å². The number of hydrogen-bond acceptors (Lipinski definition) is 4. The van der Waals surface area contributed by atoms with Crippen molar-refractivity contribution >= 4 is 32.4 Å². The van der Waals surface area contributed by atoms with E-state index >= 15 is 0 Å². The lowest BCUT2D eigenvalue weighted by Gasteiger charge is -2.20. The van der Waals surface area contributed by atoms with Gasteiger partial charge in [0.2, 0.25) is 10.0 Å². The Morgan fingerprint density at radius 3 is 2.70 bits per heavy atom. The predicted octanol–water partition coefficient (Wildman–Crippen LogP) is 3.21. The van der Waals surface area contributed by atoms with Crippen LogP contribution < -0.4 is 14.8 Å². The van der Waals surface area contributed by atoms with Gasteiger partial charge < -0.3 is 10.1 Å². The largest absolute Gasteiger partial charge is 0.482 e. The van der Waals surface area contributed by atoms with E-state index in [0.29, 0.717) is 11.4 Å². The first-order valence-corrected chi connectivity index (χ1v) is 9.99. The van der Waals surface area contributed by atoms with Crippen molar-refractivity contribution < 1.29 is 17.9 Å². The van der Waals surface area contributed by atoms with Gasteiger partial charge in [-0.05, 0) is 41.5 Å². The van der Waals surface area contributed by atoms with Crippen molar-refractivity contribution in [3.63, 3.8) is 0 Å². The second kappa shape index (κ2) is 6.68. The van der Waals surface area contributed by atoms with E-state index in [0.717, 1.165) is 16.3 Å². The molecular weight excluding hydrogens is 364 g/mol. The predicted molar refractivity (Wildman–Crippen MR) is 103 cm³/mol. The smallest absolute Gasteiger partial charge is 0.262 e. The van der Waals surface area contributed by atoms with Gasteiger partial charge in [0, 0.05) is 6.04 Å².